The van der Waals surface area contributed by atoms with E-state index >= 15 is 0 Å². The highest BCUT2D eigenvalue weighted by atomic mass is 16.1. The topological polar surface area (TPSA) is 77.9 Å². The van der Waals surface area contributed by atoms with Gasteiger partial charge >= 0.3 is 0 Å². The first-order valence-electron chi connectivity index (χ1n) is 5.63. The number of carbonyl (C=O) groups is 1. The van der Waals surface area contributed by atoms with Crippen LogP contribution in [0.3, 0.4) is 0 Å². The van der Waals surface area contributed by atoms with Crippen molar-refractivity contribution in [2.24, 2.45) is 11.0 Å². The molecule has 0 saturated heterocycles. The van der Waals surface area contributed by atoms with Crippen LogP contribution < -0.4 is 5.32 Å². The molecule has 0 aliphatic heterocycles. The van der Waals surface area contributed by atoms with E-state index in [-0.39, 0.29) is 11.8 Å². The van der Waals surface area contributed by atoms with E-state index in [2.05, 4.69) is 15.3 Å². The summed E-state index contributed by atoms with van der Waals surface area (Å²) < 4.78 is 0. The van der Waals surface area contributed by atoms with Crippen molar-refractivity contribution in [2.45, 2.75) is 38.5 Å². The molecule has 0 aromatic carbocycles. The van der Waals surface area contributed by atoms with E-state index in [4.69, 9.17) is 5.53 Å². The molecule has 0 spiro atoms. The van der Waals surface area contributed by atoms with Gasteiger partial charge in [-0.1, -0.05) is 18.0 Å². The maximum Gasteiger partial charge on any atom is 0.223 e. The van der Waals surface area contributed by atoms with Crippen LogP contribution in [0.25, 0.3) is 10.4 Å². The zero-order valence-electron chi connectivity index (χ0n) is 8.98. The zero-order valence-corrected chi connectivity index (χ0v) is 8.98. The molecule has 1 rings (SSSR count). The van der Waals surface area contributed by atoms with Crippen LogP contribution in [0.5, 0.6) is 0 Å². The molecule has 1 aliphatic rings. The predicted molar refractivity (Wildman–Crippen MR) is 58.2 cm³/mol. The van der Waals surface area contributed by atoms with Gasteiger partial charge in [-0.15, -0.1) is 0 Å². The van der Waals surface area contributed by atoms with Crippen LogP contribution in [-0.4, -0.2) is 19.0 Å². The van der Waals surface area contributed by atoms with Crippen molar-refractivity contribution < 1.29 is 4.79 Å². The number of rotatable bonds is 6. The molecule has 0 heterocycles. The van der Waals surface area contributed by atoms with Crippen molar-refractivity contribution in [2.75, 3.05) is 13.1 Å². The number of azide groups is 1. The molecule has 1 amide bonds. The summed E-state index contributed by atoms with van der Waals surface area (Å²) in [7, 11) is 0. The first-order valence-corrected chi connectivity index (χ1v) is 5.63. The summed E-state index contributed by atoms with van der Waals surface area (Å²) in [5.41, 5.74) is 8.04. The molecular formula is C10H18N4O. The largest absolute Gasteiger partial charge is 0.356 e. The quantitative estimate of drug-likeness (QED) is 0.310. The fourth-order valence-electron chi connectivity index (χ4n) is 1.90. The number of amides is 1. The van der Waals surface area contributed by atoms with Gasteiger partial charge in [0.05, 0.1) is 0 Å². The van der Waals surface area contributed by atoms with Crippen LogP contribution in [-0.2, 0) is 4.79 Å². The summed E-state index contributed by atoms with van der Waals surface area (Å²) in [5.74, 6) is 0.457. The highest BCUT2D eigenvalue weighted by Crippen LogP contribution is 2.24. The van der Waals surface area contributed by atoms with Crippen molar-refractivity contribution in [3.05, 3.63) is 10.4 Å². The molecule has 0 aromatic rings. The molecule has 0 bridgehead atoms. The summed E-state index contributed by atoms with van der Waals surface area (Å²) in [6, 6.07) is 0. The summed E-state index contributed by atoms with van der Waals surface area (Å²) in [4.78, 5) is 14.2. The Labute approximate surface area is 89.9 Å². The first kappa shape index (κ1) is 11.9. The molecule has 5 heteroatoms. The molecular weight excluding hydrogens is 192 g/mol. The molecule has 0 unspecified atom stereocenters. The molecule has 15 heavy (non-hydrogen) atoms. The van der Waals surface area contributed by atoms with Gasteiger partial charge in [-0.05, 0) is 31.2 Å². The maximum atomic E-state index is 11.5. The monoisotopic (exact) mass is 210 g/mol. The van der Waals surface area contributed by atoms with Gasteiger partial charge in [-0.25, -0.2) is 0 Å². The van der Waals surface area contributed by atoms with E-state index in [0.717, 1.165) is 25.7 Å². The standard InChI is InChI=1S/C10H18N4O/c11-14-13-8-4-3-7-12-10(15)9-5-1-2-6-9/h9H,1-8H2,(H,12,15). The van der Waals surface area contributed by atoms with Crippen molar-refractivity contribution >= 4 is 5.91 Å². The summed E-state index contributed by atoms with van der Waals surface area (Å²) in [6.07, 6.45) is 6.20. The van der Waals surface area contributed by atoms with Gasteiger partial charge in [0.2, 0.25) is 5.91 Å². The Bertz CT molecular complexity index is 242. The van der Waals surface area contributed by atoms with Crippen LogP contribution >= 0.6 is 0 Å². The highest BCUT2D eigenvalue weighted by Gasteiger charge is 2.21. The van der Waals surface area contributed by atoms with Gasteiger partial charge in [0, 0.05) is 23.9 Å². The lowest BCUT2D eigenvalue weighted by Gasteiger charge is -2.09. The van der Waals surface area contributed by atoms with Crippen LogP contribution in [0, 0.1) is 5.92 Å². The normalized spacial score (nSPS) is 16.0. The van der Waals surface area contributed by atoms with E-state index in [0.29, 0.717) is 13.1 Å². The summed E-state index contributed by atoms with van der Waals surface area (Å²) >= 11 is 0. The lowest BCUT2D eigenvalue weighted by molar-refractivity contribution is -0.124. The molecule has 1 aliphatic carbocycles. The zero-order chi connectivity index (χ0) is 10.9. The third kappa shape index (κ3) is 4.70. The second-order valence-electron chi connectivity index (χ2n) is 3.93. The van der Waals surface area contributed by atoms with Gasteiger partial charge in [0.15, 0.2) is 0 Å². The van der Waals surface area contributed by atoms with Crippen LogP contribution in [0.4, 0.5) is 0 Å². The van der Waals surface area contributed by atoms with Crippen LogP contribution in [0.15, 0.2) is 5.11 Å². The molecule has 0 atom stereocenters. The number of hydrogen-bond acceptors (Lipinski definition) is 2. The first-order chi connectivity index (χ1) is 7.34. The Morgan fingerprint density at radius 1 is 1.40 bits per heavy atom. The van der Waals surface area contributed by atoms with Crippen LogP contribution in [0.1, 0.15) is 38.5 Å². The lowest BCUT2D eigenvalue weighted by Crippen LogP contribution is -2.30. The number of hydrogen-bond donors (Lipinski definition) is 1. The lowest BCUT2D eigenvalue weighted by atomic mass is 10.1. The van der Waals surface area contributed by atoms with Gasteiger partial charge in [0.1, 0.15) is 0 Å². The second-order valence-corrected chi connectivity index (χ2v) is 3.93. The Morgan fingerprint density at radius 3 is 2.80 bits per heavy atom. The van der Waals surface area contributed by atoms with Crippen molar-refractivity contribution in [1.29, 1.82) is 0 Å². The van der Waals surface area contributed by atoms with E-state index in [1.807, 2.05) is 0 Å². The molecule has 0 aromatic heterocycles. The minimum Gasteiger partial charge on any atom is -0.356 e. The van der Waals surface area contributed by atoms with Gasteiger partial charge in [0.25, 0.3) is 0 Å². The maximum absolute atomic E-state index is 11.5. The third-order valence-corrected chi connectivity index (χ3v) is 2.77. The minimum atomic E-state index is 0.205. The van der Waals surface area contributed by atoms with E-state index in [9.17, 15) is 4.79 Å². The number of nitrogens with zero attached hydrogens (tertiary/aromatic N) is 3. The van der Waals surface area contributed by atoms with Gasteiger partial charge in [-0.2, -0.15) is 0 Å². The van der Waals surface area contributed by atoms with Crippen molar-refractivity contribution in [3.8, 4) is 0 Å². The van der Waals surface area contributed by atoms with E-state index in [1.54, 1.807) is 0 Å². The fraction of sp³-hybridized carbons (Fsp3) is 0.900. The number of nitrogens with one attached hydrogen (secondary N) is 1. The SMILES string of the molecule is [N-]=[N+]=NCCCCNC(=O)C1CCCC1. The van der Waals surface area contributed by atoms with E-state index in [1.165, 1.54) is 12.8 Å². The predicted octanol–water partition coefficient (Wildman–Crippen LogP) is 2.38. The molecule has 1 N–H and O–H groups in total. The minimum absolute atomic E-state index is 0.205. The Balaban J connectivity index is 1.99. The molecule has 1 saturated carbocycles. The van der Waals surface area contributed by atoms with Crippen LogP contribution in [0.2, 0.25) is 0 Å². The number of carbonyl (C=O) groups excluding carboxylic acids is 1. The second kappa shape index (κ2) is 7.12. The highest BCUT2D eigenvalue weighted by molar-refractivity contribution is 5.78. The van der Waals surface area contributed by atoms with Gasteiger partial charge < -0.3 is 5.32 Å². The van der Waals surface area contributed by atoms with Crippen molar-refractivity contribution in [1.82, 2.24) is 5.32 Å². The Hall–Kier alpha value is -1.22. The summed E-state index contributed by atoms with van der Waals surface area (Å²) in [5, 5.41) is 6.36. The Morgan fingerprint density at radius 2 is 2.13 bits per heavy atom. The van der Waals surface area contributed by atoms with Gasteiger partial charge in [-0.3, -0.25) is 4.79 Å². The molecule has 5 nitrogen and oxygen atoms in total. The van der Waals surface area contributed by atoms with E-state index < -0.39 is 0 Å². The molecule has 84 valence electrons. The molecule has 1 fully saturated rings. The third-order valence-electron chi connectivity index (χ3n) is 2.77. The summed E-state index contributed by atoms with van der Waals surface area (Å²) in [6.45, 7) is 1.23. The smallest absolute Gasteiger partial charge is 0.223 e. The fourth-order valence-corrected chi connectivity index (χ4v) is 1.90. The average Bonchev–Trinajstić information content (AvgIpc) is 2.76. The molecule has 0 radical (unpaired) electrons. The Kier molecular flexibility index (Phi) is 5.63. The average molecular weight is 210 g/mol. The van der Waals surface area contributed by atoms with Crippen molar-refractivity contribution in [3.63, 3.8) is 0 Å². The number of unbranched alkanes of at least 4 members (excludes halogenated alkanes) is 1.